The summed E-state index contributed by atoms with van der Waals surface area (Å²) >= 11 is 6.04. The molecular formula is C27H22ClNO5. The fourth-order valence-corrected chi connectivity index (χ4v) is 6.08. The lowest BCUT2D eigenvalue weighted by atomic mass is 9.86. The number of carbonyl (C=O) groups excluding carboxylic acids is 3. The predicted molar refractivity (Wildman–Crippen MR) is 126 cm³/mol. The summed E-state index contributed by atoms with van der Waals surface area (Å²) < 4.78 is 11.2. The van der Waals surface area contributed by atoms with Crippen LogP contribution in [0.5, 0.6) is 5.75 Å². The van der Waals surface area contributed by atoms with Crippen molar-refractivity contribution in [1.82, 2.24) is 4.90 Å². The summed E-state index contributed by atoms with van der Waals surface area (Å²) in [6.45, 7) is 3.25. The first-order chi connectivity index (χ1) is 16.4. The van der Waals surface area contributed by atoms with Crippen molar-refractivity contribution in [3.8, 4) is 5.75 Å². The normalized spacial score (nSPS) is 27.5. The lowest BCUT2D eigenvalue weighted by Crippen LogP contribution is -2.50. The van der Waals surface area contributed by atoms with Crippen molar-refractivity contribution in [3.05, 3.63) is 76.8 Å². The van der Waals surface area contributed by atoms with Gasteiger partial charge >= 0.3 is 5.97 Å². The smallest absolute Gasteiger partial charge is 0.328 e. The van der Waals surface area contributed by atoms with E-state index in [9.17, 15) is 14.4 Å². The van der Waals surface area contributed by atoms with Crippen LogP contribution in [0.4, 0.5) is 0 Å². The van der Waals surface area contributed by atoms with E-state index < -0.39 is 22.7 Å². The maximum atomic E-state index is 14.1. The third kappa shape index (κ3) is 2.64. The molecule has 7 heteroatoms. The molecule has 2 fully saturated rings. The number of Topliss-reactive ketones (excluding diaryl/α,β-unsaturated/α-hetero) is 1. The summed E-state index contributed by atoms with van der Waals surface area (Å²) in [5, 5.41) is 2.34. The van der Waals surface area contributed by atoms with Crippen molar-refractivity contribution in [1.29, 1.82) is 0 Å². The topological polar surface area (TPSA) is 72.9 Å². The second kappa shape index (κ2) is 7.39. The number of morpholine rings is 1. The summed E-state index contributed by atoms with van der Waals surface area (Å²) in [6.07, 6.45) is 0. The number of nitrogens with zero attached hydrogens (tertiary/aromatic N) is 1. The highest BCUT2D eigenvalue weighted by Crippen LogP contribution is 2.79. The Kier molecular flexibility index (Phi) is 4.63. The molecule has 2 heterocycles. The van der Waals surface area contributed by atoms with Gasteiger partial charge in [-0.3, -0.25) is 14.4 Å². The van der Waals surface area contributed by atoms with E-state index >= 15 is 0 Å². The van der Waals surface area contributed by atoms with E-state index in [2.05, 4.69) is 0 Å². The van der Waals surface area contributed by atoms with Gasteiger partial charge in [0.2, 0.25) is 5.91 Å². The summed E-state index contributed by atoms with van der Waals surface area (Å²) in [5.41, 5.74) is -1.78. The summed E-state index contributed by atoms with van der Waals surface area (Å²) in [4.78, 5) is 43.4. The van der Waals surface area contributed by atoms with Gasteiger partial charge in [0.1, 0.15) is 5.75 Å². The first-order valence-corrected chi connectivity index (χ1v) is 11.7. The first kappa shape index (κ1) is 21.3. The summed E-state index contributed by atoms with van der Waals surface area (Å²) in [7, 11) is 0. The standard InChI is InChI=1S/C27H22ClNO5/c1-26(23(30)17-6-9-18(28)10-7-17)22-21-19-5-3-2-4-16(19)8-11-20(21)34-25(32)27(22,26)24(31)29-12-14-33-15-13-29/h2-11,22H,12-15H2,1H3/t22-,26+,27+/m0/s1. The highest BCUT2D eigenvalue weighted by atomic mass is 35.5. The second-order valence-corrected chi connectivity index (χ2v) is 9.71. The number of fused-ring (bicyclic) bond motifs is 5. The third-order valence-electron chi connectivity index (χ3n) is 7.70. The minimum absolute atomic E-state index is 0.270. The third-order valence-corrected chi connectivity index (χ3v) is 7.96. The van der Waals surface area contributed by atoms with Crippen LogP contribution in [0, 0.1) is 10.8 Å². The van der Waals surface area contributed by atoms with Crippen molar-refractivity contribution in [2.24, 2.45) is 10.8 Å². The van der Waals surface area contributed by atoms with Gasteiger partial charge in [-0.1, -0.05) is 41.9 Å². The number of hydrogen-bond donors (Lipinski definition) is 0. The van der Waals surface area contributed by atoms with Gasteiger partial charge in [-0.25, -0.2) is 0 Å². The zero-order valence-electron chi connectivity index (χ0n) is 18.5. The van der Waals surface area contributed by atoms with Gasteiger partial charge in [-0.15, -0.1) is 0 Å². The molecule has 3 aromatic carbocycles. The van der Waals surface area contributed by atoms with Crippen molar-refractivity contribution in [3.63, 3.8) is 0 Å². The number of halogens is 1. The molecule has 0 aromatic heterocycles. The predicted octanol–water partition coefficient (Wildman–Crippen LogP) is 4.24. The Balaban J connectivity index is 1.57. The fourth-order valence-electron chi connectivity index (χ4n) is 5.96. The van der Waals surface area contributed by atoms with E-state index in [1.807, 2.05) is 30.3 Å². The molecule has 2 aliphatic heterocycles. The molecule has 3 atom stereocenters. The number of benzene rings is 3. The van der Waals surface area contributed by atoms with Crippen LogP contribution in [-0.2, 0) is 14.3 Å². The Morgan fingerprint density at radius 1 is 1.00 bits per heavy atom. The van der Waals surface area contributed by atoms with Gasteiger partial charge in [0.25, 0.3) is 0 Å². The van der Waals surface area contributed by atoms with E-state index in [1.54, 1.807) is 42.2 Å². The van der Waals surface area contributed by atoms with Crippen molar-refractivity contribution in [2.75, 3.05) is 26.3 Å². The average Bonchev–Trinajstić information content (AvgIpc) is 3.46. The summed E-state index contributed by atoms with van der Waals surface area (Å²) in [6, 6.07) is 18.0. The molecule has 6 nitrogen and oxygen atoms in total. The first-order valence-electron chi connectivity index (χ1n) is 11.3. The van der Waals surface area contributed by atoms with E-state index in [0.29, 0.717) is 42.6 Å². The van der Waals surface area contributed by atoms with Crippen molar-refractivity contribution >= 4 is 40.0 Å². The highest BCUT2D eigenvalue weighted by Gasteiger charge is 2.88. The Labute approximate surface area is 201 Å². The van der Waals surface area contributed by atoms with Crippen LogP contribution in [0.3, 0.4) is 0 Å². The van der Waals surface area contributed by atoms with Crippen LogP contribution in [0.2, 0.25) is 5.02 Å². The van der Waals surface area contributed by atoms with E-state index in [1.165, 1.54) is 0 Å². The van der Waals surface area contributed by atoms with Crippen LogP contribution in [0.25, 0.3) is 10.8 Å². The number of hydrogen-bond acceptors (Lipinski definition) is 5. The molecule has 0 radical (unpaired) electrons. The molecule has 0 unspecified atom stereocenters. The lowest BCUT2D eigenvalue weighted by Gasteiger charge is -2.32. The van der Waals surface area contributed by atoms with E-state index in [0.717, 1.165) is 16.3 Å². The molecule has 172 valence electrons. The Morgan fingerprint density at radius 3 is 2.44 bits per heavy atom. The Bertz CT molecular complexity index is 1360. The minimum Gasteiger partial charge on any atom is -0.425 e. The molecule has 3 aromatic rings. The maximum absolute atomic E-state index is 14.1. The minimum atomic E-state index is -1.63. The Hall–Kier alpha value is -3.22. The Morgan fingerprint density at radius 2 is 1.71 bits per heavy atom. The van der Waals surface area contributed by atoms with Gasteiger partial charge in [0.05, 0.1) is 18.6 Å². The number of amides is 1. The average molecular weight is 476 g/mol. The molecule has 3 aliphatic rings. The number of ketones is 1. The zero-order chi connectivity index (χ0) is 23.7. The summed E-state index contributed by atoms with van der Waals surface area (Å²) in [5.74, 6) is -1.53. The van der Waals surface area contributed by atoms with Crippen molar-refractivity contribution in [2.45, 2.75) is 12.8 Å². The van der Waals surface area contributed by atoms with Crippen LogP contribution in [0.15, 0.2) is 60.7 Å². The molecular weight excluding hydrogens is 454 g/mol. The molecule has 1 saturated heterocycles. The quantitative estimate of drug-likeness (QED) is 0.245. The number of rotatable bonds is 3. The van der Waals surface area contributed by atoms with E-state index in [-0.39, 0.29) is 11.7 Å². The van der Waals surface area contributed by atoms with Crippen molar-refractivity contribution < 1.29 is 23.9 Å². The van der Waals surface area contributed by atoms with Crippen LogP contribution in [-0.4, -0.2) is 48.9 Å². The molecule has 0 bridgehead atoms. The number of carbonyl (C=O) groups is 3. The van der Waals surface area contributed by atoms with Gasteiger partial charge < -0.3 is 14.4 Å². The van der Waals surface area contributed by atoms with Gasteiger partial charge in [-0.2, -0.15) is 0 Å². The second-order valence-electron chi connectivity index (χ2n) is 9.27. The molecule has 34 heavy (non-hydrogen) atoms. The molecule has 1 amide bonds. The zero-order valence-corrected chi connectivity index (χ0v) is 19.3. The molecule has 0 N–H and O–H groups in total. The molecule has 1 aliphatic carbocycles. The number of ether oxygens (including phenoxy) is 2. The highest BCUT2D eigenvalue weighted by molar-refractivity contribution is 6.30. The monoisotopic (exact) mass is 475 g/mol. The van der Waals surface area contributed by atoms with Gasteiger partial charge in [-0.05, 0) is 48.0 Å². The molecule has 6 rings (SSSR count). The van der Waals surface area contributed by atoms with E-state index in [4.69, 9.17) is 21.1 Å². The number of esters is 1. The van der Waals surface area contributed by atoms with Crippen LogP contribution in [0.1, 0.15) is 28.8 Å². The van der Waals surface area contributed by atoms with Crippen LogP contribution >= 0.6 is 11.6 Å². The maximum Gasteiger partial charge on any atom is 0.328 e. The van der Waals surface area contributed by atoms with Crippen LogP contribution < -0.4 is 4.74 Å². The molecule has 0 spiro atoms. The lowest BCUT2D eigenvalue weighted by molar-refractivity contribution is -0.156. The molecule has 1 saturated carbocycles. The fraction of sp³-hybridized carbons (Fsp3) is 0.296. The SMILES string of the molecule is C[C@]1(C(=O)c2ccc(Cl)cc2)[C@@H]2c3c(ccc4ccccc34)OC(=O)[C@]21C(=O)N1CCOCC1. The largest absolute Gasteiger partial charge is 0.425 e. The van der Waals surface area contributed by atoms with Gasteiger partial charge in [0, 0.05) is 35.2 Å². The van der Waals surface area contributed by atoms with Gasteiger partial charge in [0.15, 0.2) is 11.2 Å².